The van der Waals surface area contributed by atoms with Crippen LogP contribution in [0, 0.1) is 5.82 Å². The number of hydrogen-bond acceptors (Lipinski definition) is 4. The van der Waals surface area contributed by atoms with E-state index in [0.29, 0.717) is 23.9 Å². The highest BCUT2D eigenvalue weighted by Gasteiger charge is 2.22. The first-order valence-corrected chi connectivity index (χ1v) is 9.70. The molecule has 0 spiro atoms. The lowest BCUT2D eigenvalue weighted by Gasteiger charge is -2.15. The van der Waals surface area contributed by atoms with Crippen LogP contribution < -0.4 is 5.73 Å². The summed E-state index contributed by atoms with van der Waals surface area (Å²) in [6.07, 6.45) is 0.976. The Hall–Kier alpha value is -3.02. The molecule has 0 aliphatic carbocycles. The summed E-state index contributed by atoms with van der Waals surface area (Å²) >= 11 is 0. The highest BCUT2D eigenvalue weighted by molar-refractivity contribution is 5.73. The van der Waals surface area contributed by atoms with Gasteiger partial charge in [0, 0.05) is 6.04 Å². The molecule has 0 saturated carbocycles. The van der Waals surface area contributed by atoms with E-state index in [1.807, 2.05) is 36.4 Å². The first kappa shape index (κ1) is 19.3. The third kappa shape index (κ3) is 4.70. The summed E-state index contributed by atoms with van der Waals surface area (Å²) in [5.74, 6) is -0.0420. The average molecular weight is 390 g/mol. The molecule has 0 aliphatic rings. The number of aliphatic hydroxyl groups is 1. The molecule has 1 aromatic heterocycles. The van der Waals surface area contributed by atoms with Crippen molar-refractivity contribution >= 4 is 11.1 Å². The van der Waals surface area contributed by atoms with Crippen LogP contribution in [-0.4, -0.2) is 16.1 Å². The van der Waals surface area contributed by atoms with Gasteiger partial charge in [0.05, 0.1) is 0 Å². The minimum atomic E-state index is -1.000. The van der Waals surface area contributed by atoms with Crippen LogP contribution in [0.5, 0.6) is 0 Å². The molecule has 2 atom stereocenters. The monoisotopic (exact) mass is 390 g/mol. The van der Waals surface area contributed by atoms with Gasteiger partial charge in [-0.15, -0.1) is 0 Å². The number of aryl methyl sites for hydroxylation is 1. The van der Waals surface area contributed by atoms with E-state index in [-0.39, 0.29) is 11.7 Å². The van der Waals surface area contributed by atoms with Crippen molar-refractivity contribution in [3.63, 3.8) is 0 Å². The second-order valence-electron chi connectivity index (χ2n) is 7.29. The highest BCUT2D eigenvalue weighted by Crippen LogP contribution is 2.25. The maximum absolute atomic E-state index is 13.0. The van der Waals surface area contributed by atoms with Gasteiger partial charge in [-0.3, -0.25) is 0 Å². The lowest BCUT2D eigenvalue weighted by atomic mass is 10.0. The molecule has 0 amide bonds. The fourth-order valence-electron chi connectivity index (χ4n) is 3.38. The van der Waals surface area contributed by atoms with Gasteiger partial charge >= 0.3 is 0 Å². The van der Waals surface area contributed by atoms with Gasteiger partial charge in [-0.1, -0.05) is 48.5 Å². The van der Waals surface area contributed by atoms with Crippen molar-refractivity contribution in [1.82, 2.24) is 4.98 Å². The van der Waals surface area contributed by atoms with Gasteiger partial charge in [0.15, 0.2) is 5.58 Å². The molecule has 148 valence electrons. The Morgan fingerprint density at radius 2 is 1.66 bits per heavy atom. The minimum absolute atomic E-state index is 0.225. The number of rotatable bonds is 7. The minimum Gasteiger partial charge on any atom is -0.438 e. The molecule has 0 bridgehead atoms. The van der Waals surface area contributed by atoms with Gasteiger partial charge in [-0.2, -0.15) is 0 Å². The van der Waals surface area contributed by atoms with E-state index < -0.39 is 12.1 Å². The Balaban J connectivity index is 1.44. The molecular formula is C24H23FN2O2. The molecule has 4 nitrogen and oxygen atoms in total. The summed E-state index contributed by atoms with van der Waals surface area (Å²) < 4.78 is 18.7. The first-order valence-electron chi connectivity index (χ1n) is 9.70. The van der Waals surface area contributed by atoms with Gasteiger partial charge in [0.2, 0.25) is 5.89 Å². The summed E-state index contributed by atoms with van der Waals surface area (Å²) in [6.45, 7) is 0. The van der Waals surface area contributed by atoms with Crippen molar-refractivity contribution in [2.45, 2.75) is 31.4 Å². The number of aliphatic hydroxyl groups excluding tert-OH is 1. The zero-order valence-electron chi connectivity index (χ0n) is 16.0. The number of aromatic nitrogens is 1. The topological polar surface area (TPSA) is 72.3 Å². The predicted molar refractivity (Wildman–Crippen MR) is 111 cm³/mol. The molecule has 4 aromatic rings. The molecule has 5 heteroatoms. The fourth-order valence-corrected chi connectivity index (χ4v) is 3.38. The molecule has 1 heterocycles. The van der Waals surface area contributed by atoms with E-state index in [9.17, 15) is 9.50 Å². The summed E-state index contributed by atoms with van der Waals surface area (Å²) in [6, 6.07) is 21.8. The number of oxazole rings is 1. The maximum Gasteiger partial charge on any atom is 0.225 e. The van der Waals surface area contributed by atoms with E-state index >= 15 is 0 Å². The van der Waals surface area contributed by atoms with E-state index in [1.165, 1.54) is 17.7 Å². The largest absolute Gasteiger partial charge is 0.438 e. The number of fused-ring (bicyclic) bond motifs is 1. The van der Waals surface area contributed by atoms with Crippen LogP contribution in [0.25, 0.3) is 11.1 Å². The quantitative estimate of drug-likeness (QED) is 0.486. The van der Waals surface area contributed by atoms with Crippen molar-refractivity contribution in [1.29, 1.82) is 0 Å². The molecule has 3 aromatic carbocycles. The fraction of sp³-hybridized carbons (Fsp3) is 0.208. The Morgan fingerprint density at radius 3 is 2.41 bits per heavy atom. The van der Waals surface area contributed by atoms with Crippen LogP contribution in [-0.2, 0) is 12.8 Å². The van der Waals surface area contributed by atoms with Crippen molar-refractivity contribution in [2.24, 2.45) is 5.73 Å². The molecule has 0 fully saturated rings. The molecule has 0 radical (unpaired) electrons. The normalized spacial score (nSPS) is 13.5. The van der Waals surface area contributed by atoms with Crippen LogP contribution in [0.3, 0.4) is 0 Å². The zero-order chi connectivity index (χ0) is 20.2. The number of nitrogens with two attached hydrogens (primary N) is 1. The number of nitrogens with zero attached hydrogens (tertiary/aromatic N) is 1. The van der Waals surface area contributed by atoms with E-state index in [0.717, 1.165) is 17.5 Å². The van der Waals surface area contributed by atoms with Crippen molar-refractivity contribution < 1.29 is 13.9 Å². The molecule has 0 aliphatic heterocycles. The van der Waals surface area contributed by atoms with Gasteiger partial charge < -0.3 is 15.3 Å². The Kier molecular flexibility index (Phi) is 5.69. The first-order chi connectivity index (χ1) is 14.1. The van der Waals surface area contributed by atoms with E-state index in [4.69, 9.17) is 10.2 Å². The van der Waals surface area contributed by atoms with Crippen molar-refractivity contribution in [2.75, 3.05) is 0 Å². The second-order valence-corrected chi connectivity index (χ2v) is 7.29. The van der Waals surface area contributed by atoms with Crippen LogP contribution in [0.4, 0.5) is 4.39 Å². The van der Waals surface area contributed by atoms with Crippen LogP contribution in [0.2, 0.25) is 0 Å². The van der Waals surface area contributed by atoms with Gasteiger partial charge in [0.1, 0.15) is 17.4 Å². The van der Waals surface area contributed by atoms with Gasteiger partial charge in [0.25, 0.3) is 0 Å². The summed E-state index contributed by atoms with van der Waals surface area (Å²) in [5.41, 5.74) is 10.8. The summed E-state index contributed by atoms with van der Waals surface area (Å²) in [5, 5.41) is 10.6. The SMILES string of the molecule is N[C@H](CCc1ccc(F)cc1)C(O)c1nc2cc(Cc3ccccc3)ccc2o1. The highest BCUT2D eigenvalue weighted by atomic mass is 19.1. The van der Waals surface area contributed by atoms with Crippen LogP contribution in [0.15, 0.2) is 77.2 Å². The Labute approximate surface area is 168 Å². The maximum atomic E-state index is 13.0. The van der Waals surface area contributed by atoms with Crippen molar-refractivity contribution in [3.05, 3.63) is 101 Å². The zero-order valence-corrected chi connectivity index (χ0v) is 16.0. The third-order valence-electron chi connectivity index (χ3n) is 5.06. The molecular weight excluding hydrogens is 367 g/mol. The summed E-state index contributed by atoms with van der Waals surface area (Å²) in [7, 11) is 0. The molecule has 1 unspecified atom stereocenters. The number of hydrogen-bond donors (Lipinski definition) is 2. The van der Waals surface area contributed by atoms with Crippen LogP contribution >= 0.6 is 0 Å². The van der Waals surface area contributed by atoms with Crippen LogP contribution in [0.1, 0.15) is 35.1 Å². The second kappa shape index (κ2) is 8.55. The Morgan fingerprint density at radius 1 is 0.931 bits per heavy atom. The standard InChI is InChI=1S/C24H23FN2O2/c25-19-10-6-16(7-11-19)8-12-20(26)23(28)24-27-21-15-18(9-13-22(21)29-24)14-17-4-2-1-3-5-17/h1-7,9-11,13,15,20,23,28H,8,12,14,26H2/t20-,23?/m1/s1. The average Bonchev–Trinajstić information content (AvgIpc) is 3.16. The van der Waals surface area contributed by atoms with Gasteiger partial charge in [-0.05, 0) is 60.2 Å². The lowest BCUT2D eigenvalue weighted by molar-refractivity contribution is 0.114. The lowest BCUT2D eigenvalue weighted by Crippen LogP contribution is -2.29. The number of benzene rings is 3. The molecule has 29 heavy (non-hydrogen) atoms. The van der Waals surface area contributed by atoms with Crippen molar-refractivity contribution in [3.8, 4) is 0 Å². The van der Waals surface area contributed by atoms with E-state index in [1.54, 1.807) is 12.1 Å². The summed E-state index contributed by atoms with van der Waals surface area (Å²) in [4.78, 5) is 4.46. The smallest absolute Gasteiger partial charge is 0.225 e. The predicted octanol–water partition coefficient (Wildman–Crippen LogP) is 4.55. The van der Waals surface area contributed by atoms with E-state index in [2.05, 4.69) is 17.1 Å². The molecule has 0 saturated heterocycles. The Bertz CT molecular complexity index is 1080. The van der Waals surface area contributed by atoms with Gasteiger partial charge in [-0.25, -0.2) is 9.37 Å². The number of halogens is 1. The molecule has 3 N–H and O–H groups in total. The molecule has 4 rings (SSSR count). The third-order valence-corrected chi connectivity index (χ3v) is 5.06.